The zero-order valence-corrected chi connectivity index (χ0v) is 20.8. The van der Waals surface area contributed by atoms with E-state index in [1.54, 1.807) is 13.2 Å². The molecule has 2 heterocycles. The Labute approximate surface area is 211 Å². The number of nitrogens with one attached hydrogen (secondary N) is 1. The highest BCUT2D eigenvalue weighted by Gasteiger charge is 2.20. The SMILES string of the molecule is COc1ccccc1N1CCN(CCOc2ccc(-c3n[nH]c(C)c3-c3ccccc3)c(O)c2)CC1. The monoisotopic (exact) mass is 484 g/mol. The van der Waals surface area contributed by atoms with E-state index in [-0.39, 0.29) is 5.75 Å². The van der Waals surface area contributed by atoms with E-state index in [0.717, 1.165) is 66.7 Å². The third kappa shape index (κ3) is 5.02. The Morgan fingerprint density at radius 3 is 2.44 bits per heavy atom. The summed E-state index contributed by atoms with van der Waals surface area (Å²) in [6.07, 6.45) is 0. The highest BCUT2D eigenvalue weighted by atomic mass is 16.5. The van der Waals surface area contributed by atoms with Crippen LogP contribution in [0.15, 0.2) is 72.8 Å². The van der Waals surface area contributed by atoms with Crippen molar-refractivity contribution in [3.05, 3.63) is 78.5 Å². The summed E-state index contributed by atoms with van der Waals surface area (Å²) in [5.74, 6) is 1.72. The number of piperazine rings is 1. The van der Waals surface area contributed by atoms with Crippen LogP contribution in [0.2, 0.25) is 0 Å². The number of ether oxygens (including phenoxy) is 2. The van der Waals surface area contributed by atoms with Gasteiger partial charge in [0.05, 0.1) is 12.8 Å². The van der Waals surface area contributed by atoms with E-state index in [4.69, 9.17) is 9.47 Å². The summed E-state index contributed by atoms with van der Waals surface area (Å²) in [6.45, 7) is 7.21. The molecule has 36 heavy (non-hydrogen) atoms. The van der Waals surface area contributed by atoms with Gasteiger partial charge in [0.25, 0.3) is 0 Å². The molecular formula is C29H32N4O3. The van der Waals surface area contributed by atoms with Crippen LogP contribution in [0.1, 0.15) is 5.69 Å². The average molecular weight is 485 g/mol. The first-order valence-electron chi connectivity index (χ1n) is 12.3. The minimum atomic E-state index is 0.154. The summed E-state index contributed by atoms with van der Waals surface area (Å²) in [4.78, 5) is 4.77. The number of H-pyrrole nitrogens is 1. The Morgan fingerprint density at radius 2 is 1.69 bits per heavy atom. The molecule has 0 saturated carbocycles. The lowest BCUT2D eigenvalue weighted by Crippen LogP contribution is -2.47. The van der Waals surface area contributed by atoms with Crippen molar-refractivity contribution in [3.8, 4) is 39.6 Å². The molecule has 7 nitrogen and oxygen atoms in total. The van der Waals surface area contributed by atoms with Crippen LogP contribution >= 0.6 is 0 Å². The number of rotatable bonds is 8. The zero-order chi connectivity index (χ0) is 24.9. The largest absolute Gasteiger partial charge is 0.507 e. The molecule has 0 bridgehead atoms. The molecule has 5 rings (SSSR count). The number of phenolic OH excluding ortho intramolecular Hbond substituents is 1. The molecule has 0 atom stereocenters. The second-order valence-electron chi connectivity index (χ2n) is 8.97. The number of aryl methyl sites for hydroxylation is 1. The predicted molar refractivity (Wildman–Crippen MR) is 143 cm³/mol. The zero-order valence-electron chi connectivity index (χ0n) is 20.8. The lowest BCUT2D eigenvalue weighted by molar-refractivity contribution is 0.200. The number of methoxy groups -OCH3 is 1. The number of aromatic amines is 1. The second-order valence-corrected chi connectivity index (χ2v) is 8.97. The van der Waals surface area contributed by atoms with E-state index in [2.05, 4.69) is 32.1 Å². The molecule has 1 aliphatic heterocycles. The fourth-order valence-corrected chi connectivity index (χ4v) is 4.78. The van der Waals surface area contributed by atoms with Gasteiger partial charge in [0, 0.05) is 55.6 Å². The van der Waals surface area contributed by atoms with Crippen LogP contribution in [-0.4, -0.2) is 66.6 Å². The molecular weight excluding hydrogens is 452 g/mol. The standard InChI is InChI=1S/C29H32N4O3/c1-21-28(22-8-4-3-5-9-22)29(31-30-21)24-13-12-23(20-26(24)34)36-19-18-32-14-16-33(17-15-32)25-10-6-7-11-27(25)35-2/h3-13,20,34H,14-19H2,1-2H3,(H,30,31). The van der Waals surface area contributed by atoms with Crippen molar-refractivity contribution in [1.29, 1.82) is 0 Å². The van der Waals surface area contributed by atoms with Gasteiger partial charge in [-0.1, -0.05) is 42.5 Å². The van der Waals surface area contributed by atoms with Gasteiger partial charge < -0.3 is 19.5 Å². The maximum Gasteiger partial charge on any atom is 0.142 e. The molecule has 0 amide bonds. The average Bonchev–Trinajstić information content (AvgIpc) is 3.30. The van der Waals surface area contributed by atoms with Crippen LogP contribution in [0.3, 0.4) is 0 Å². The maximum atomic E-state index is 10.8. The molecule has 4 aromatic rings. The Kier molecular flexibility index (Phi) is 7.09. The number of phenols is 1. The van der Waals surface area contributed by atoms with Crippen LogP contribution in [0.4, 0.5) is 5.69 Å². The molecule has 0 spiro atoms. The number of benzene rings is 3. The fraction of sp³-hybridized carbons (Fsp3) is 0.276. The van der Waals surface area contributed by atoms with Crippen molar-refractivity contribution in [1.82, 2.24) is 15.1 Å². The van der Waals surface area contributed by atoms with Crippen LogP contribution < -0.4 is 14.4 Å². The van der Waals surface area contributed by atoms with Crippen molar-refractivity contribution >= 4 is 5.69 Å². The minimum Gasteiger partial charge on any atom is -0.507 e. The van der Waals surface area contributed by atoms with Gasteiger partial charge in [-0.3, -0.25) is 10.00 Å². The second kappa shape index (κ2) is 10.7. The molecule has 1 saturated heterocycles. The number of hydrogen-bond acceptors (Lipinski definition) is 6. The Balaban J connectivity index is 1.17. The predicted octanol–water partition coefficient (Wildman–Crippen LogP) is 4.97. The van der Waals surface area contributed by atoms with E-state index in [1.165, 1.54) is 0 Å². The number of hydrogen-bond donors (Lipinski definition) is 2. The van der Waals surface area contributed by atoms with Crippen LogP contribution in [-0.2, 0) is 0 Å². The van der Waals surface area contributed by atoms with Crippen molar-refractivity contribution in [3.63, 3.8) is 0 Å². The lowest BCUT2D eigenvalue weighted by Gasteiger charge is -2.36. The maximum absolute atomic E-state index is 10.8. The van der Waals surface area contributed by atoms with Gasteiger partial charge in [0.2, 0.25) is 0 Å². The Hall–Kier alpha value is -3.97. The van der Waals surface area contributed by atoms with Crippen molar-refractivity contribution in [2.75, 3.05) is 51.3 Å². The fourth-order valence-electron chi connectivity index (χ4n) is 4.78. The molecule has 0 unspecified atom stereocenters. The summed E-state index contributed by atoms with van der Waals surface area (Å²) in [5, 5.41) is 18.3. The number of aromatic nitrogens is 2. The smallest absolute Gasteiger partial charge is 0.142 e. The molecule has 7 heteroatoms. The highest BCUT2D eigenvalue weighted by molar-refractivity contribution is 5.85. The van der Waals surface area contributed by atoms with Gasteiger partial charge in [-0.05, 0) is 36.8 Å². The molecule has 2 N–H and O–H groups in total. The quantitative estimate of drug-likeness (QED) is 0.368. The van der Waals surface area contributed by atoms with Crippen LogP contribution in [0.25, 0.3) is 22.4 Å². The Bertz CT molecular complexity index is 1300. The normalized spacial score (nSPS) is 14.1. The summed E-state index contributed by atoms with van der Waals surface area (Å²) >= 11 is 0. The molecule has 1 aliphatic rings. The van der Waals surface area contributed by atoms with Gasteiger partial charge in [-0.2, -0.15) is 5.10 Å². The topological polar surface area (TPSA) is 73.8 Å². The summed E-state index contributed by atoms with van der Waals surface area (Å²) < 4.78 is 11.5. The number of nitrogens with zero attached hydrogens (tertiary/aromatic N) is 3. The number of para-hydroxylation sites is 2. The van der Waals surface area contributed by atoms with Gasteiger partial charge >= 0.3 is 0 Å². The first kappa shape index (κ1) is 23.8. The van der Waals surface area contributed by atoms with E-state index in [0.29, 0.717) is 17.9 Å². The van der Waals surface area contributed by atoms with E-state index >= 15 is 0 Å². The van der Waals surface area contributed by atoms with Crippen molar-refractivity contribution in [2.24, 2.45) is 0 Å². The third-order valence-electron chi connectivity index (χ3n) is 6.71. The molecule has 186 valence electrons. The molecule has 3 aromatic carbocycles. The molecule has 1 fully saturated rings. The summed E-state index contributed by atoms with van der Waals surface area (Å²) in [6, 6.07) is 23.7. The molecule has 0 aliphatic carbocycles. The Morgan fingerprint density at radius 1 is 0.944 bits per heavy atom. The highest BCUT2D eigenvalue weighted by Crippen LogP contribution is 2.38. The van der Waals surface area contributed by atoms with Crippen molar-refractivity contribution in [2.45, 2.75) is 6.92 Å². The van der Waals surface area contributed by atoms with E-state index < -0.39 is 0 Å². The first-order chi connectivity index (χ1) is 17.6. The number of anilines is 1. The van der Waals surface area contributed by atoms with Gasteiger partial charge in [0.15, 0.2) is 0 Å². The molecule has 0 radical (unpaired) electrons. The summed E-state index contributed by atoms with van der Waals surface area (Å²) in [7, 11) is 1.72. The molecule has 1 aromatic heterocycles. The number of aromatic hydroxyl groups is 1. The third-order valence-corrected chi connectivity index (χ3v) is 6.71. The van der Waals surface area contributed by atoms with E-state index in [1.807, 2.05) is 61.5 Å². The van der Waals surface area contributed by atoms with E-state index in [9.17, 15) is 5.11 Å². The van der Waals surface area contributed by atoms with Gasteiger partial charge in [-0.25, -0.2) is 0 Å². The van der Waals surface area contributed by atoms with Crippen LogP contribution in [0, 0.1) is 6.92 Å². The minimum absolute atomic E-state index is 0.154. The first-order valence-corrected chi connectivity index (χ1v) is 12.3. The lowest BCUT2D eigenvalue weighted by atomic mass is 9.99. The van der Waals surface area contributed by atoms with Gasteiger partial charge in [-0.15, -0.1) is 0 Å². The van der Waals surface area contributed by atoms with Crippen LogP contribution in [0.5, 0.6) is 17.2 Å². The van der Waals surface area contributed by atoms with Gasteiger partial charge in [0.1, 0.15) is 29.5 Å². The summed E-state index contributed by atoms with van der Waals surface area (Å²) in [5.41, 5.74) is 5.57. The van der Waals surface area contributed by atoms with Crippen molar-refractivity contribution < 1.29 is 14.6 Å².